The molecule has 0 fully saturated rings. The normalized spacial score (nSPS) is 10.1. The van der Waals surface area contributed by atoms with E-state index in [-0.39, 0.29) is 0 Å². The molecule has 2 aromatic rings. The second-order valence-electron chi connectivity index (χ2n) is 5.42. The predicted octanol–water partition coefficient (Wildman–Crippen LogP) is 4.01. The predicted molar refractivity (Wildman–Crippen MR) is 103 cm³/mol. The van der Waals surface area contributed by atoms with Crippen LogP contribution in [-0.4, -0.2) is 25.9 Å². The third-order valence-electron chi connectivity index (χ3n) is 3.63. The number of benzene rings is 2. The highest BCUT2D eigenvalue weighted by Gasteiger charge is 2.03. The lowest BCUT2D eigenvalue weighted by Gasteiger charge is -2.13. The summed E-state index contributed by atoms with van der Waals surface area (Å²) in [4.78, 5) is 0. The molecule has 0 bridgehead atoms. The van der Waals surface area contributed by atoms with Gasteiger partial charge in [0, 0.05) is 30.4 Å². The van der Waals surface area contributed by atoms with Crippen molar-refractivity contribution < 1.29 is 9.47 Å². The third kappa shape index (κ3) is 6.08. The average molecular weight is 344 g/mol. The van der Waals surface area contributed by atoms with Gasteiger partial charge in [-0.2, -0.15) is 0 Å². The molecule has 0 atom stereocenters. The molecule has 0 aliphatic heterocycles. The van der Waals surface area contributed by atoms with Crippen LogP contribution in [0.25, 0.3) is 0 Å². The Morgan fingerprint density at radius 2 is 1.62 bits per heavy atom. The molecular formula is C19H24N2O2S. The lowest BCUT2D eigenvalue weighted by Crippen LogP contribution is -2.29. The summed E-state index contributed by atoms with van der Waals surface area (Å²) in [6, 6.07) is 16.1. The van der Waals surface area contributed by atoms with Crippen molar-refractivity contribution in [3.05, 3.63) is 54.1 Å². The Balaban J connectivity index is 1.71. The Hall–Kier alpha value is -2.27. The van der Waals surface area contributed by atoms with Crippen molar-refractivity contribution in [2.45, 2.75) is 19.3 Å². The van der Waals surface area contributed by atoms with E-state index in [4.69, 9.17) is 21.7 Å². The molecule has 0 spiro atoms. The number of thiocarbonyl (C=S) groups is 1. The summed E-state index contributed by atoms with van der Waals surface area (Å²) in [7, 11) is 3.25. The number of hydrogen-bond acceptors (Lipinski definition) is 3. The van der Waals surface area contributed by atoms with Crippen LogP contribution in [0.3, 0.4) is 0 Å². The Bertz CT molecular complexity index is 625. The molecule has 2 aromatic carbocycles. The monoisotopic (exact) mass is 344 g/mol. The molecule has 0 saturated heterocycles. The number of rotatable bonds is 8. The molecule has 128 valence electrons. The first-order valence-electron chi connectivity index (χ1n) is 8.03. The van der Waals surface area contributed by atoms with E-state index in [1.165, 1.54) is 5.56 Å². The molecule has 5 heteroatoms. The van der Waals surface area contributed by atoms with Crippen LogP contribution in [0.2, 0.25) is 0 Å². The van der Waals surface area contributed by atoms with Gasteiger partial charge in [0.1, 0.15) is 11.5 Å². The number of hydrogen-bond donors (Lipinski definition) is 2. The quantitative estimate of drug-likeness (QED) is 0.559. The number of unbranched alkanes of at least 4 members (excludes halogenated alkanes) is 1. The van der Waals surface area contributed by atoms with E-state index < -0.39 is 0 Å². The van der Waals surface area contributed by atoms with Gasteiger partial charge >= 0.3 is 0 Å². The van der Waals surface area contributed by atoms with Crippen molar-refractivity contribution in [1.29, 1.82) is 0 Å². The summed E-state index contributed by atoms with van der Waals surface area (Å²) in [5.41, 5.74) is 2.22. The zero-order valence-electron chi connectivity index (χ0n) is 14.2. The number of ether oxygens (including phenoxy) is 2. The topological polar surface area (TPSA) is 42.5 Å². The van der Waals surface area contributed by atoms with Crippen molar-refractivity contribution in [3.8, 4) is 11.5 Å². The van der Waals surface area contributed by atoms with Crippen molar-refractivity contribution >= 4 is 23.0 Å². The summed E-state index contributed by atoms with van der Waals surface area (Å²) in [6.07, 6.45) is 3.29. The number of anilines is 1. The first-order chi connectivity index (χ1) is 11.7. The molecule has 0 radical (unpaired) electrons. The molecule has 0 aliphatic rings. The van der Waals surface area contributed by atoms with E-state index in [0.717, 1.165) is 43.0 Å². The number of aryl methyl sites for hydroxylation is 1. The largest absolute Gasteiger partial charge is 0.497 e. The van der Waals surface area contributed by atoms with E-state index in [9.17, 15) is 0 Å². The molecule has 0 aromatic heterocycles. The van der Waals surface area contributed by atoms with Gasteiger partial charge in [-0.05, 0) is 37.0 Å². The molecule has 24 heavy (non-hydrogen) atoms. The minimum absolute atomic E-state index is 0.602. The molecule has 0 amide bonds. The van der Waals surface area contributed by atoms with Crippen LogP contribution in [-0.2, 0) is 6.42 Å². The van der Waals surface area contributed by atoms with Crippen LogP contribution in [0.1, 0.15) is 18.4 Å². The molecule has 2 rings (SSSR count). The molecule has 0 heterocycles. The van der Waals surface area contributed by atoms with Gasteiger partial charge in [-0.1, -0.05) is 30.3 Å². The summed E-state index contributed by atoms with van der Waals surface area (Å²) in [5, 5.41) is 6.99. The van der Waals surface area contributed by atoms with Gasteiger partial charge in [0.25, 0.3) is 0 Å². The van der Waals surface area contributed by atoms with Gasteiger partial charge in [-0.15, -0.1) is 0 Å². The maximum atomic E-state index is 5.33. The van der Waals surface area contributed by atoms with Crippen LogP contribution in [0.15, 0.2) is 48.5 Å². The molecule has 2 N–H and O–H groups in total. The fourth-order valence-electron chi connectivity index (χ4n) is 2.36. The van der Waals surface area contributed by atoms with Crippen LogP contribution in [0.4, 0.5) is 5.69 Å². The zero-order chi connectivity index (χ0) is 17.2. The van der Waals surface area contributed by atoms with E-state index in [1.807, 2.05) is 24.3 Å². The van der Waals surface area contributed by atoms with Gasteiger partial charge in [0.15, 0.2) is 5.11 Å². The number of nitrogens with one attached hydrogen (secondary N) is 2. The smallest absolute Gasteiger partial charge is 0.170 e. The fourth-order valence-corrected chi connectivity index (χ4v) is 2.58. The maximum absolute atomic E-state index is 5.33. The second-order valence-corrected chi connectivity index (χ2v) is 5.83. The molecular weight excluding hydrogens is 320 g/mol. The van der Waals surface area contributed by atoms with Gasteiger partial charge in [-0.25, -0.2) is 0 Å². The first-order valence-corrected chi connectivity index (χ1v) is 8.44. The highest BCUT2D eigenvalue weighted by molar-refractivity contribution is 7.80. The molecule has 0 unspecified atom stereocenters. The average Bonchev–Trinajstić information content (AvgIpc) is 2.61. The minimum Gasteiger partial charge on any atom is -0.497 e. The summed E-state index contributed by atoms with van der Waals surface area (Å²) in [6.45, 7) is 0.847. The van der Waals surface area contributed by atoms with Crippen molar-refractivity contribution in [1.82, 2.24) is 5.32 Å². The highest BCUT2D eigenvalue weighted by atomic mass is 32.1. The lowest BCUT2D eigenvalue weighted by molar-refractivity contribution is 0.395. The Morgan fingerprint density at radius 1 is 0.958 bits per heavy atom. The standard InChI is InChI=1S/C19H24N2O2S/c1-22-17-12-16(13-18(14-17)23-2)21-19(24)20-11-7-6-10-15-8-4-3-5-9-15/h3-5,8-9,12-14H,6-7,10-11H2,1-2H3,(H2,20,21,24). The van der Waals surface area contributed by atoms with E-state index >= 15 is 0 Å². The van der Waals surface area contributed by atoms with Gasteiger partial charge in [0.2, 0.25) is 0 Å². The van der Waals surface area contributed by atoms with Gasteiger partial charge in [0.05, 0.1) is 14.2 Å². The van der Waals surface area contributed by atoms with E-state index in [1.54, 1.807) is 14.2 Å². The van der Waals surface area contributed by atoms with Crippen molar-refractivity contribution in [2.75, 3.05) is 26.1 Å². The summed E-state index contributed by atoms with van der Waals surface area (Å²) in [5.74, 6) is 1.45. The molecule has 0 saturated carbocycles. The molecule has 0 aliphatic carbocycles. The Kier molecular flexibility index (Phi) is 7.36. The minimum atomic E-state index is 0.602. The fraction of sp³-hybridized carbons (Fsp3) is 0.316. The van der Waals surface area contributed by atoms with Crippen LogP contribution in [0.5, 0.6) is 11.5 Å². The Morgan fingerprint density at radius 3 is 2.25 bits per heavy atom. The second kappa shape index (κ2) is 9.78. The van der Waals surface area contributed by atoms with Crippen molar-refractivity contribution in [3.63, 3.8) is 0 Å². The summed E-state index contributed by atoms with van der Waals surface area (Å²) >= 11 is 5.33. The lowest BCUT2D eigenvalue weighted by atomic mass is 10.1. The number of methoxy groups -OCH3 is 2. The molecule has 4 nitrogen and oxygen atoms in total. The maximum Gasteiger partial charge on any atom is 0.170 e. The van der Waals surface area contributed by atoms with Gasteiger partial charge < -0.3 is 20.1 Å². The van der Waals surface area contributed by atoms with E-state index in [2.05, 4.69) is 34.9 Å². The summed E-state index contributed by atoms with van der Waals surface area (Å²) < 4.78 is 10.5. The van der Waals surface area contributed by atoms with Crippen LogP contribution >= 0.6 is 12.2 Å². The zero-order valence-corrected chi connectivity index (χ0v) is 15.0. The SMILES string of the molecule is COc1cc(NC(=S)NCCCCc2ccccc2)cc(OC)c1. The van der Waals surface area contributed by atoms with Crippen LogP contribution in [0, 0.1) is 0 Å². The van der Waals surface area contributed by atoms with Gasteiger partial charge in [-0.3, -0.25) is 0 Å². The first kappa shape index (κ1) is 18.1. The van der Waals surface area contributed by atoms with Crippen LogP contribution < -0.4 is 20.1 Å². The third-order valence-corrected chi connectivity index (χ3v) is 3.88. The highest BCUT2D eigenvalue weighted by Crippen LogP contribution is 2.25. The Labute approximate surface area is 149 Å². The van der Waals surface area contributed by atoms with Crippen molar-refractivity contribution in [2.24, 2.45) is 0 Å². The van der Waals surface area contributed by atoms with E-state index in [0.29, 0.717) is 5.11 Å².